The van der Waals surface area contributed by atoms with Crippen molar-refractivity contribution in [2.24, 2.45) is 0 Å². The molecule has 0 saturated carbocycles. The van der Waals surface area contributed by atoms with Crippen molar-refractivity contribution in [3.63, 3.8) is 0 Å². The van der Waals surface area contributed by atoms with E-state index in [1.54, 1.807) is 6.20 Å². The molecule has 1 aliphatic heterocycles. The molecule has 1 aliphatic rings. The van der Waals surface area contributed by atoms with Gasteiger partial charge in [-0.15, -0.1) is 0 Å². The molecule has 0 atom stereocenters. The zero-order chi connectivity index (χ0) is 93.7. The molecule has 1 fully saturated rings. The van der Waals surface area contributed by atoms with E-state index in [1.807, 2.05) is 91.1 Å². The number of benzene rings is 20. The predicted molar refractivity (Wildman–Crippen MR) is 587 cm³/mol. The lowest BCUT2D eigenvalue weighted by Crippen LogP contribution is -2.41. The number of para-hydroxylation sites is 4. The van der Waals surface area contributed by atoms with Crippen LogP contribution >= 0.6 is 15.9 Å². The van der Waals surface area contributed by atoms with E-state index in [2.05, 4.69) is 422 Å². The fourth-order valence-corrected chi connectivity index (χ4v) is 21.0. The summed E-state index contributed by atoms with van der Waals surface area (Å²) in [6.07, 6.45) is 3.63. The average molecular weight is 1860 g/mol. The normalized spacial score (nSPS) is 12.9. The lowest BCUT2D eigenvalue weighted by Gasteiger charge is -2.32. The molecule has 27 rings (SSSR count). The van der Waals surface area contributed by atoms with Gasteiger partial charge in [0, 0.05) is 50.1 Å². The topological polar surface area (TPSA) is 106 Å². The monoisotopic (exact) mass is 1860 g/mol. The van der Waals surface area contributed by atoms with Crippen molar-refractivity contribution in [1.29, 1.82) is 0 Å². The highest BCUT2D eigenvalue weighted by atomic mass is 79.9. The number of rotatable bonds is 12. The molecule has 12 heteroatoms. The van der Waals surface area contributed by atoms with Gasteiger partial charge in [0.25, 0.3) is 0 Å². The Hall–Kier alpha value is -17.0. The molecule has 0 radical (unpaired) electrons. The first-order chi connectivity index (χ1) is 68.8. The molecule has 0 N–H and O–H groups in total. The quantitative estimate of drug-likeness (QED) is 0.0880. The summed E-state index contributed by atoms with van der Waals surface area (Å²) in [6, 6.07) is 160. The van der Waals surface area contributed by atoms with Crippen molar-refractivity contribution >= 4 is 159 Å². The molecular formula is C128H88BBrN8O2. The standard InChI is InChI=1S/C61H38N4.C34H21Br.C33H29BN4O2/c1-2-18-48(19-3-1)65-60-58(52-22-10-11-23-54(52)63-59(60)55-24-12-13-35-62-55)64-61(65)42-29-25-41(26-30-42)45-33-34-51-53(38-45)57(47-32-28-40-15-5-7-17-44(40)37-47)50-21-9-8-20-49(50)56(51)46-31-27-39-14-4-6-16-43(39)36-46;35-28-17-18-31-32(21-28)34(27-16-14-23-8-2-4-10-25(23)20-27)30-12-6-5-11-29(30)33(31)26-15-13-22-7-1-3-9-24(22)19-26;1-32(2)33(3,4)40-34(39-32)23-19-17-22(18-20-23)31-37-28-25-14-8-9-15-26(25)36-29(27-16-10-11-21-35-27)30(28)38(31)24-12-6-5-7-13-24/h1-38H;1-21H;5-21H,1-4H3. The summed E-state index contributed by atoms with van der Waals surface area (Å²) in [5.74, 6) is 1.67. The Kier molecular flexibility index (Phi) is 21.2. The van der Waals surface area contributed by atoms with Crippen molar-refractivity contribution in [3.05, 3.63) is 466 Å². The van der Waals surface area contributed by atoms with Crippen LogP contribution in [0.3, 0.4) is 0 Å². The third-order valence-electron chi connectivity index (χ3n) is 28.2. The van der Waals surface area contributed by atoms with Crippen LogP contribution < -0.4 is 5.46 Å². The summed E-state index contributed by atoms with van der Waals surface area (Å²) in [6.45, 7) is 8.28. The van der Waals surface area contributed by atoms with Crippen LogP contribution in [0.5, 0.6) is 0 Å². The predicted octanol–water partition coefficient (Wildman–Crippen LogP) is 32.9. The van der Waals surface area contributed by atoms with Gasteiger partial charge in [0.2, 0.25) is 0 Å². The first-order valence-electron chi connectivity index (χ1n) is 47.5. The fourth-order valence-electron chi connectivity index (χ4n) is 20.7. The Labute approximate surface area is 818 Å². The molecule has 20 aromatic carbocycles. The minimum Gasteiger partial charge on any atom is -0.399 e. The first kappa shape index (κ1) is 84.7. The van der Waals surface area contributed by atoms with Crippen molar-refractivity contribution in [2.45, 2.75) is 38.9 Å². The summed E-state index contributed by atoms with van der Waals surface area (Å²) in [4.78, 5) is 30.5. The van der Waals surface area contributed by atoms with Crippen molar-refractivity contribution in [3.8, 4) is 113 Å². The molecule has 0 unspecified atom stereocenters. The number of halogens is 1. The fraction of sp³-hybridized carbons (Fsp3) is 0.0469. The van der Waals surface area contributed by atoms with E-state index in [4.69, 9.17) is 34.2 Å². The van der Waals surface area contributed by atoms with Gasteiger partial charge in [-0.3, -0.25) is 19.1 Å². The van der Waals surface area contributed by atoms with Gasteiger partial charge < -0.3 is 9.31 Å². The number of hydrogen-bond donors (Lipinski definition) is 0. The summed E-state index contributed by atoms with van der Waals surface area (Å²) < 4.78 is 18.1. The summed E-state index contributed by atoms with van der Waals surface area (Å²) >= 11 is 3.76. The zero-order valence-corrected chi connectivity index (χ0v) is 78.8. The number of fused-ring (bicyclic) bond motifs is 14. The smallest absolute Gasteiger partial charge is 0.399 e. The molecule has 140 heavy (non-hydrogen) atoms. The van der Waals surface area contributed by atoms with Crippen LogP contribution in [0.25, 0.3) is 243 Å². The Morgan fingerprint density at radius 3 is 0.943 bits per heavy atom. The van der Waals surface area contributed by atoms with Crippen molar-refractivity contribution in [2.75, 3.05) is 0 Å². The van der Waals surface area contributed by atoms with Crippen LogP contribution in [0.15, 0.2) is 466 Å². The van der Waals surface area contributed by atoms with Gasteiger partial charge in [0.05, 0.1) is 33.6 Å². The Morgan fingerprint density at radius 1 is 0.243 bits per heavy atom. The number of aromatic nitrogens is 8. The van der Waals surface area contributed by atoms with Gasteiger partial charge in [-0.25, -0.2) is 19.9 Å². The molecule has 1 saturated heterocycles. The molecule has 0 aliphatic carbocycles. The second-order valence-electron chi connectivity index (χ2n) is 37.1. The third kappa shape index (κ3) is 15.1. The molecule has 0 spiro atoms. The molecule has 0 bridgehead atoms. The van der Waals surface area contributed by atoms with E-state index in [-0.39, 0.29) is 0 Å². The van der Waals surface area contributed by atoms with E-state index in [0.717, 1.165) is 122 Å². The minimum absolute atomic E-state index is 0.395. The van der Waals surface area contributed by atoms with Crippen LogP contribution in [0.1, 0.15) is 27.7 Å². The van der Waals surface area contributed by atoms with E-state index in [9.17, 15) is 0 Å². The number of hydrogen-bond acceptors (Lipinski definition) is 8. The van der Waals surface area contributed by atoms with Gasteiger partial charge in [-0.2, -0.15) is 0 Å². The molecular weight excluding hydrogens is 1770 g/mol. The van der Waals surface area contributed by atoms with Crippen LogP contribution in [0, 0.1) is 0 Å². The van der Waals surface area contributed by atoms with Crippen molar-refractivity contribution < 1.29 is 9.31 Å². The average Bonchev–Trinajstić information content (AvgIpc) is 1.69. The summed E-state index contributed by atoms with van der Waals surface area (Å²) in [5, 5.41) is 22.0. The lowest BCUT2D eigenvalue weighted by molar-refractivity contribution is 0.00578. The maximum absolute atomic E-state index is 6.29. The van der Waals surface area contributed by atoms with E-state index < -0.39 is 18.3 Å². The van der Waals surface area contributed by atoms with Crippen molar-refractivity contribution in [1.82, 2.24) is 39.0 Å². The second kappa shape index (κ2) is 35.0. The highest BCUT2D eigenvalue weighted by molar-refractivity contribution is 9.10. The summed E-state index contributed by atoms with van der Waals surface area (Å²) in [7, 11) is -0.420. The maximum atomic E-state index is 6.29. The van der Waals surface area contributed by atoms with Crippen LogP contribution in [-0.4, -0.2) is 57.4 Å². The van der Waals surface area contributed by atoms with E-state index in [1.165, 1.54) is 131 Å². The highest BCUT2D eigenvalue weighted by Crippen LogP contribution is 2.50. The van der Waals surface area contributed by atoms with Gasteiger partial charge in [0.15, 0.2) is 0 Å². The third-order valence-corrected chi connectivity index (χ3v) is 28.7. The molecule has 6 aromatic heterocycles. The Morgan fingerprint density at radius 2 is 0.550 bits per heavy atom. The molecule has 10 nitrogen and oxygen atoms in total. The largest absolute Gasteiger partial charge is 0.494 e. The summed E-state index contributed by atoms with van der Waals surface area (Å²) in [5.41, 5.74) is 25.0. The SMILES string of the molecule is Brc1ccc2c(-c3ccc4ccccc4c3)c3ccccc3c(-c3ccc4ccccc4c3)c2c1.CC1(C)OB(c2ccc(-c3nc4c5ccccc5nc(-c5ccccn5)c4n3-c3ccccc3)cc2)OC1(C)C.c1ccc(-n2c(-c3ccc(-c4ccc5c(-c6ccc7ccccc7c6)c6ccccc6c(-c6ccc7ccccc7c6)c5c4)cc3)nc3c4ccccc4nc(-c4ccccn4)c32)cc1. The van der Waals surface area contributed by atoms with Gasteiger partial charge >= 0.3 is 7.12 Å². The maximum Gasteiger partial charge on any atom is 0.494 e. The number of pyridine rings is 4. The molecule has 7 heterocycles. The first-order valence-corrected chi connectivity index (χ1v) is 48.3. The highest BCUT2D eigenvalue weighted by Gasteiger charge is 2.52. The minimum atomic E-state index is -0.420. The molecule has 0 amide bonds. The van der Waals surface area contributed by atoms with E-state index in [0.29, 0.717) is 0 Å². The van der Waals surface area contributed by atoms with Crippen LogP contribution in [-0.2, 0) is 9.31 Å². The van der Waals surface area contributed by atoms with Gasteiger partial charge in [-0.1, -0.05) is 362 Å². The van der Waals surface area contributed by atoms with Crippen LogP contribution in [0.2, 0.25) is 0 Å². The lowest BCUT2D eigenvalue weighted by atomic mass is 9.79. The van der Waals surface area contributed by atoms with Crippen LogP contribution in [0.4, 0.5) is 0 Å². The second-order valence-corrected chi connectivity index (χ2v) is 38.0. The Bertz CT molecular complexity index is 9390. The Balaban J connectivity index is 0.000000118. The zero-order valence-electron chi connectivity index (χ0n) is 77.2. The van der Waals surface area contributed by atoms with E-state index >= 15 is 0 Å². The molecule has 662 valence electrons. The number of imidazole rings is 2. The molecule has 26 aromatic rings. The van der Waals surface area contributed by atoms with Gasteiger partial charge in [-0.05, 0) is 278 Å². The van der Waals surface area contributed by atoms with Gasteiger partial charge in [0.1, 0.15) is 45.1 Å². The number of nitrogens with zero attached hydrogens (tertiary/aromatic N) is 8.